The normalized spacial score (nSPS) is 15.9. The first-order valence-corrected chi connectivity index (χ1v) is 10.0. The van der Waals surface area contributed by atoms with Crippen LogP contribution in [0, 0.1) is 0 Å². The Labute approximate surface area is 169 Å². The molecule has 0 bridgehead atoms. The van der Waals surface area contributed by atoms with E-state index in [1.165, 1.54) is 29.5 Å². The third-order valence-corrected chi connectivity index (χ3v) is 5.64. The van der Waals surface area contributed by atoms with Crippen molar-refractivity contribution in [3.05, 3.63) is 40.2 Å². The zero-order chi connectivity index (χ0) is 19.9. The molecule has 1 aliphatic heterocycles. The second kappa shape index (κ2) is 9.62. The van der Waals surface area contributed by atoms with Gasteiger partial charge in [-0.1, -0.05) is 24.6 Å². The van der Waals surface area contributed by atoms with Gasteiger partial charge in [0.25, 0.3) is 0 Å². The lowest BCUT2D eigenvalue weighted by Gasteiger charge is -2.37. The maximum absolute atomic E-state index is 8.12. The van der Waals surface area contributed by atoms with Gasteiger partial charge in [-0.05, 0) is 49.3 Å². The van der Waals surface area contributed by atoms with E-state index < -0.39 is 0 Å². The summed E-state index contributed by atoms with van der Waals surface area (Å²) in [5.41, 5.74) is 3.83. The summed E-state index contributed by atoms with van der Waals surface area (Å²) in [5, 5.41) is 9.25. The van der Waals surface area contributed by atoms with E-state index >= 15 is 0 Å². The van der Waals surface area contributed by atoms with Crippen molar-refractivity contribution in [2.45, 2.75) is 39.0 Å². The molecule has 8 heteroatoms. The monoisotopic (exact) mass is 401 g/mol. The van der Waals surface area contributed by atoms with Crippen LogP contribution in [0.1, 0.15) is 36.5 Å². The Kier molecular flexibility index (Phi) is 6.95. The smallest absolute Gasteiger partial charge is 0.353 e. The predicted molar refractivity (Wildman–Crippen MR) is 107 cm³/mol. The zero-order valence-corrected chi connectivity index (χ0v) is 16.8. The fourth-order valence-corrected chi connectivity index (χ4v) is 4.05. The summed E-state index contributed by atoms with van der Waals surface area (Å²) in [4.78, 5) is 25.6. The molecule has 0 radical (unpaired) electrons. The number of hydrogen-bond acceptors (Lipinski definition) is 7. The average molecular weight is 402 g/mol. The minimum Gasteiger partial charge on any atom is -0.353 e. The van der Waals surface area contributed by atoms with Gasteiger partial charge >= 0.3 is 6.15 Å². The molecule has 2 aromatic heterocycles. The first-order chi connectivity index (χ1) is 13.7. The van der Waals surface area contributed by atoms with E-state index in [4.69, 9.17) is 21.2 Å². The molecule has 0 N–H and O–H groups in total. The molecule has 0 saturated carbocycles. The first-order valence-electron chi connectivity index (χ1n) is 9.66. The zero-order valence-electron chi connectivity index (χ0n) is 16.0. The number of carbonyl (C=O) groups excluding carboxylic acids is 2. The van der Waals surface area contributed by atoms with Gasteiger partial charge in [-0.15, -0.1) is 10.2 Å². The predicted octanol–water partition coefficient (Wildman–Crippen LogP) is 2.71. The van der Waals surface area contributed by atoms with E-state index in [9.17, 15) is 0 Å². The van der Waals surface area contributed by atoms with Crippen molar-refractivity contribution in [1.82, 2.24) is 15.2 Å². The third-order valence-electron chi connectivity index (χ3n) is 5.34. The second-order valence-electron chi connectivity index (χ2n) is 6.91. The fraction of sp³-hybridized carbons (Fsp3) is 0.500. The Morgan fingerprint density at radius 1 is 1.00 bits per heavy atom. The van der Waals surface area contributed by atoms with Gasteiger partial charge < -0.3 is 9.80 Å². The van der Waals surface area contributed by atoms with Crippen LogP contribution in [-0.2, 0) is 28.9 Å². The number of fused-ring (bicyclic) bond motifs is 1. The van der Waals surface area contributed by atoms with Gasteiger partial charge in [0, 0.05) is 37.9 Å². The Morgan fingerprint density at radius 3 is 2.25 bits per heavy atom. The van der Waals surface area contributed by atoms with Crippen LogP contribution in [-0.4, -0.2) is 47.5 Å². The summed E-state index contributed by atoms with van der Waals surface area (Å²) in [7, 11) is 0. The molecule has 3 heterocycles. The number of pyridine rings is 1. The molecule has 0 spiro atoms. The van der Waals surface area contributed by atoms with Gasteiger partial charge in [0.05, 0.1) is 0 Å². The van der Waals surface area contributed by atoms with Crippen LogP contribution in [0.3, 0.4) is 0 Å². The van der Waals surface area contributed by atoms with Crippen LogP contribution >= 0.6 is 11.6 Å². The fourth-order valence-electron chi connectivity index (χ4n) is 3.81. The van der Waals surface area contributed by atoms with E-state index in [0.29, 0.717) is 5.15 Å². The molecule has 0 aromatic carbocycles. The van der Waals surface area contributed by atoms with E-state index in [1.807, 2.05) is 6.20 Å². The van der Waals surface area contributed by atoms with E-state index in [-0.39, 0.29) is 6.15 Å². The molecular weight excluding hydrogens is 378 g/mol. The average Bonchev–Trinajstić information content (AvgIpc) is 2.75. The minimum absolute atomic E-state index is 0.250. The quantitative estimate of drug-likeness (QED) is 0.782. The number of rotatable bonds is 3. The van der Waals surface area contributed by atoms with Gasteiger partial charge in [-0.3, -0.25) is 0 Å². The van der Waals surface area contributed by atoms with Crippen LogP contribution in [0.15, 0.2) is 18.3 Å². The number of hydrogen-bond donors (Lipinski definition) is 0. The molecule has 28 heavy (non-hydrogen) atoms. The molecule has 1 aliphatic carbocycles. The summed E-state index contributed by atoms with van der Waals surface area (Å²) in [6.07, 6.45) is 7.79. The van der Waals surface area contributed by atoms with Crippen LogP contribution in [0.5, 0.6) is 0 Å². The maximum atomic E-state index is 8.12. The molecule has 1 saturated heterocycles. The number of aryl methyl sites for hydroxylation is 1. The van der Waals surface area contributed by atoms with E-state index in [1.54, 1.807) is 0 Å². The van der Waals surface area contributed by atoms with Crippen molar-refractivity contribution in [2.24, 2.45) is 0 Å². The van der Waals surface area contributed by atoms with Crippen molar-refractivity contribution in [1.29, 1.82) is 0 Å². The van der Waals surface area contributed by atoms with Gasteiger partial charge in [0.2, 0.25) is 0 Å². The molecular formula is C20H24ClN5O2. The van der Waals surface area contributed by atoms with Crippen LogP contribution in [0.4, 0.5) is 11.6 Å². The standard InChI is InChI=1S/C19H24ClN5.CO2/c1-2-14-7-8-17(21-13-14)24-9-11-25(12-10-24)19-16-6-4-3-5-15(16)18(20)22-23-19;2-1-3/h7-8,13H,2-6,9-12H2,1H3;. The molecule has 2 aromatic rings. The van der Waals surface area contributed by atoms with Crippen molar-refractivity contribution < 1.29 is 9.59 Å². The summed E-state index contributed by atoms with van der Waals surface area (Å²) >= 11 is 6.27. The Balaban J connectivity index is 0.000000706. The molecule has 1 fully saturated rings. The molecule has 148 valence electrons. The van der Waals surface area contributed by atoms with Crippen LogP contribution < -0.4 is 9.80 Å². The third kappa shape index (κ3) is 4.49. The highest BCUT2D eigenvalue weighted by molar-refractivity contribution is 6.30. The van der Waals surface area contributed by atoms with Crippen LogP contribution in [0.2, 0.25) is 5.15 Å². The number of nitrogens with zero attached hydrogens (tertiary/aromatic N) is 5. The molecule has 4 rings (SSSR count). The SMILES string of the molecule is CCc1ccc(N2CCN(c3nnc(Cl)c4c3CCCC4)CC2)nc1.O=C=O. The molecule has 7 nitrogen and oxygen atoms in total. The first kappa shape index (κ1) is 20.2. The van der Waals surface area contributed by atoms with E-state index in [2.05, 4.69) is 44.0 Å². The summed E-state index contributed by atoms with van der Waals surface area (Å²) in [5.74, 6) is 2.12. The topological polar surface area (TPSA) is 79.3 Å². The van der Waals surface area contributed by atoms with Gasteiger partial charge in [0.1, 0.15) is 5.82 Å². The summed E-state index contributed by atoms with van der Waals surface area (Å²) < 4.78 is 0. The molecule has 2 aliphatic rings. The number of halogens is 1. The highest BCUT2D eigenvalue weighted by atomic mass is 35.5. The molecule has 0 atom stereocenters. The number of piperazine rings is 1. The number of aromatic nitrogens is 3. The number of anilines is 2. The second-order valence-corrected chi connectivity index (χ2v) is 7.27. The Hall–Kier alpha value is -2.50. The minimum atomic E-state index is 0.250. The van der Waals surface area contributed by atoms with Crippen LogP contribution in [0.25, 0.3) is 0 Å². The van der Waals surface area contributed by atoms with Crippen molar-refractivity contribution in [2.75, 3.05) is 36.0 Å². The van der Waals surface area contributed by atoms with Crippen molar-refractivity contribution >= 4 is 29.4 Å². The van der Waals surface area contributed by atoms with Crippen molar-refractivity contribution in [3.63, 3.8) is 0 Å². The highest BCUT2D eigenvalue weighted by Crippen LogP contribution is 2.32. The molecule has 0 amide bonds. The van der Waals surface area contributed by atoms with E-state index in [0.717, 1.165) is 57.1 Å². The lowest BCUT2D eigenvalue weighted by molar-refractivity contribution is -0.191. The molecule has 0 unspecified atom stereocenters. The van der Waals surface area contributed by atoms with Gasteiger partial charge in [-0.2, -0.15) is 9.59 Å². The highest BCUT2D eigenvalue weighted by Gasteiger charge is 2.25. The maximum Gasteiger partial charge on any atom is 0.373 e. The summed E-state index contributed by atoms with van der Waals surface area (Å²) in [6, 6.07) is 4.31. The van der Waals surface area contributed by atoms with Crippen molar-refractivity contribution in [3.8, 4) is 0 Å². The Morgan fingerprint density at radius 2 is 1.64 bits per heavy atom. The summed E-state index contributed by atoms with van der Waals surface area (Å²) in [6.45, 7) is 5.96. The lowest BCUT2D eigenvalue weighted by Crippen LogP contribution is -2.47. The van der Waals surface area contributed by atoms with Gasteiger partial charge in [0.15, 0.2) is 11.0 Å². The van der Waals surface area contributed by atoms with Gasteiger partial charge in [-0.25, -0.2) is 4.98 Å². The lowest BCUT2D eigenvalue weighted by atomic mass is 9.93. The Bertz CT molecular complexity index is 829. The largest absolute Gasteiger partial charge is 0.373 e.